The van der Waals surface area contributed by atoms with Crippen molar-refractivity contribution < 1.29 is 14.3 Å². The molecule has 20 heavy (non-hydrogen) atoms. The van der Waals surface area contributed by atoms with Crippen LogP contribution in [0.15, 0.2) is 48.5 Å². The molecule has 104 valence electrons. The first-order valence-corrected chi connectivity index (χ1v) is 6.10. The highest BCUT2D eigenvalue weighted by Gasteiger charge is 2.06. The molecular formula is C15H16N2O3. The van der Waals surface area contributed by atoms with Gasteiger partial charge < -0.3 is 15.2 Å². The van der Waals surface area contributed by atoms with Crippen molar-refractivity contribution in [1.82, 2.24) is 0 Å². The second-order valence-electron chi connectivity index (χ2n) is 4.14. The molecule has 0 heterocycles. The zero-order valence-corrected chi connectivity index (χ0v) is 11.1. The first-order valence-electron chi connectivity index (χ1n) is 6.10. The second kappa shape index (κ2) is 6.47. The lowest BCUT2D eigenvalue weighted by molar-refractivity contribution is 0.155. The van der Waals surface area contributed by atoms with Crippen LogP contribution in [0.25, 0.3) is 0 Å². The van der Waals surface area contributed by atoms with Gasteiger partial charge in [-0.25, -0.2) is 4.79 Å². The summed E-state index contributed by atoms with van der Waals surface area (Å²) in [5.74, 6) is 0.563. The first kappa shape index (κ1) is 13.7. The average molecular weight is 272 g/mol. The first-order chi connectivity index (χ1) is 9.69. The van der Waals surface area contributed by atoms with Gasteiger partial charge in [0.05, 0.1) is 12.8 Å². The van der Waals surface area contributed by atoms with E-state index in [1.54, 1.807) is 18.2 Å². The lowest BCUT2D eigenvalue weighted by atomic mass is 10.2. The van der Waals surface area contributed by atoms with Crippen LogP contribution in [0, 0.1) is 0 Å². The van der Waals surface area contributed by atoms with Crippen LogP contribution in [0.5, 0.6) is 5.75 Å². The number of methoxy groups -OCH3 is 1. The maximum atomic E-state index is 11.6. The molecule has 2 aromatic rings. The van der Waals surface area contributed by atoms with Crippen LogP contribution in [-0.2, 0) is 11.3 Å². The maximum Gasteiger partial charge on any atom is 0.411 e. The molecule has 0 atom stereocenters. The number of nitrogen functional groups attached to an aromatic ring is 1. The fraction of sp³-hybridized carbons (Fsp3) is 0.133. The summed E-state index contributed by atoms with van der Waals surface area (Å²) in [5.41, 5.74) is 7.69. The highest BCUT2D eigenvalue weighted by Crippen LogP contribution is 2.24. The highest BCUT2D eigenvalue weighted by molar-refractivity contribution is 5.85. The van der Waals surface area contributed by atoms with E-state index >= 15 is 0 Å². The Balaban J connectivity index is 1.90. The summed E-state index contributed by atoms with van der Waals surface area (Å²) in [4.78, 5) is 11.6. The molecule has 0 fully saturated rings. The van der Waals surface area contributed by atoms with Crippen LogP contribution in [0.4, 0.5) is 16.2 Å². The number of benzene rings is 2. The molecule has 5 heteroatoms. The van der Waals surface area contributed by atoms with Crippen LogP contribution < -0.4 is 15.8 Å². The summed E-state index contributed by atoms with van der Waals surface area (Å²) in [6.45, 7) is 0.221. The summed E-state index contributed by atoms with van der Waals surface area (Å²) >= 11 is 0. The van der Waals surface area contributed by atoms with Gasteiger partial charge in [-0.15, -0.1) is 0 Å². The Morgan fingerprint density at radius 3 is 2.60 bits per heavy atom. The third-order valence-corrected chi connectivity index (χ3v) is 2.69. The van der Waals surface area contributed by atoms with Gasteiger partial charge in [0.15, 0.2) is 0 Å². The van der Waals surface area contributed by atoms with Crippen molar-refractivity contribution in [2.24, 2.45) is 0 Å². The monoisotopic (exact) mass is 272 g/mol. The quantitative estimate of drug-likeness (QED) is 0.839. The molecule has 0 unspecified atom stereocenters. The molecule has 0 radical (unpaired) electrons. The molecule has 0 aromatic heterocycles. The predicted molar refractivity (Wildman–Crippen MR) is 77.7 cm³/mol. The van der Waals surface area contributed by atoms with Gasteiger partial charge in [0.2, 0.25) is 0 Å². The average Bonchev–Trinajstić information content (AvgIpc) is 2.46. The molecule has 0 aliphatic carbocycles. The van der Waals surface area contributed by atoms with Crippen LogP contribution in [0.3, 0.4) is 0 Å². The smallest absolute Gasteiger partial charge is 0.411 e. The minimum absolute atomic E-state index is 0.221. The lowest BCUT2D eigenvalue weighted by Crippen LogP contribution is -2.13. The highest BCUT2D eigenvalue weighted by atomic mass is 16.5. The van der Waals surface area contributed by atoms with Crippen molar-refractivity contribution in [2.75, 3.05) is 18.2 Å². The van der Waals surface area contributed by atoms with Crippen molar-refractivity contribution in [3.05, 3.63) is 54.1 Å². The van der Waals surface area contributed by atoms with Crippen molar-refractivity contribution in [3.63, 3.8) is 0 Å². The Labute approximate surface area is 117 Å². The summed E-state index contributed by atoms with van der Waals surface area (Å²) < 4.78 is 10.1. The molecule has 0 saturated carbocycles. The fourth-order valence-corrected chi connectivity index (χ4v) is 1.69. The third-order valence-electron chi connectivity index (χ3n) is 2.69. The van der Waals surface area contributed by atoms with Crippen LogP contribution in [0.2, 0.25) is 0 Å². The number of carbonyl (C=O) groups is 1. The SMILES string of the molecule is COc1ccc(NC(=O)OCc2ccccc2)cc1N. The molecule has 1 amide bonds. The standard InChI is InChI=1S/C15H16N2O3/c1-19-14-8-7-12(9-13(14)16)17-15(18)20-10-11-5-3-2-4-6-11/h2-9H,10,16H2,1H3,(H,17,18). The van der Waals surface area contributed by atoms with E-state index in [4.69, 9.17) is 15.2 Å². The Morgan fingerprint density at radius 2 is 1.95 bits per heavy atom. The lowest BCUT2D eigenvalue weighted by Gasteiger charge is -2.09. The van der Waals surface area contributed by atoms with E-state index < -0.39 is 6.09 Å². The normalized spacial score (nSPS) is 9.85. The summed E-state index contributed by atoms with van der Waals surface area (Å²) in [5, 5.41) is 2.61. The fourth-order valence-electron chi connectivity index (χ4n) is 1.69. The van der Waals surface area contributed by atoms with Gasteiger partial charge in [-0.2, -0.15) is 0 Å². The molecule has 0 saturated heterocycles. The number of nitrogens with one attached hydrogen (secondary N) is 1. The number of carbonyl (C=O) groups excluding carboxylic acids is 1. The Bertz CT molecular complexity index is 585. The number of anilines is 2. The summed E-state index contributed by atoms with van der Waals surface area (Å²) in [6, 6.07) is 14.5. The van der Waals surface area contributed by atoms with E-state index in [2.05, 4.69) is 5.32 Å². The summed E-state index contributed by atoms with van der Waals surface area (Å²) in [7, 11) is 1.53. The Morgan fingerprint density at radius 1 is 1.20 bits per heavy atom. The zero-order chi connectivity index (χ0) is 14.4. The van der Waals surface area contributed by atoms with E-state index in [-0.39, 0.29) is 6.61 Å². The zero-order valence-electron chi connectivity index (χ0n) is 11.1. The largest absolute Gasteiger partial charge is 0.495 e. The van der Waals surface area contributed by atoms with E-state index in [1.807, 2.05) is 30.3 Å². The third kappa shape index (κ3) is 3.65. The molecule has 0 spiro atoms. The van der Waals surface area contributed by atoms with Crippen molar-refractivity contribution in [2.45, 2.75) is 6.61 Å². The minimum Gasteiger partial charge on any atom is -0.495 e. The maximum absolute atomic E-state index is 11.6. The van der Waals surface area contributed by atoms with Gasteiger partial charge in [-0.05, 0) is 23.8 Å². The minimum atomic E-state index is -0.529. The van der Waals surface area contributed by atoms with E-state index in [9.17, 15) is 4.79 Å². The molecule has 5 nitrogen and oxygen atoms in total. The van der Waals surface area contributed by atoms with Gasteiger partial charge in [-0.1, -0.05) is 30.3 Å². The van der Waals surface area contributed by atoms with Crippen molar-refractivity contribution >= 4 is 17.5 Å². The molecule has 2 rings (SSSR count). The van der Waals surface area contributed by atoms with Crippen LogP contribution >= 0.6 is 0 Å². The second-order valence-corrected chi connectivity index (χ2v) is 4.14. The van der Waals surface area contributed by atoms with E-state index in [1.165, 1.54) is 7.11 Å². The topological polar surface area (TPSA) is 73.6 Å². The van der Waals surface area contributed by atoms with Crippen LogP contribution in [0.1, 0.15) is 5.56 Å². The molecule has 0 bridgehead atoms. The molecule has 0 aliphatic heterocycles. The van der Waals surface area contributed by atoms with E-state index in [0.29, 0.717) is 17.1 Å². The number of hydrogen-bond acceptors (Lipinski definition) is 4. The molecule has 0 aliphatic rings. The number of nitrogens with two attached hydrogens (primary N) is 1. The number of amides is 1. The predicted octanol–water partition coefficient (Wildman–Crippen LogP) is 3.03. The number of hydrogen-bond donors (Lipinski definition) is 2. The molecular weight excluding hydrogens is 256 g/mol. The Kier molecular flexibility index (Phi) is 4.44. The van der Waals surface area contributed by atoms with Gasteiger partial charge >= 0.3 is 6.09 Å². The number of ether oxygens (including phenoxy) is 2. The van der Waals surface area contributed by atoms with Gasteiger partial charge in [-0.3, -0.25) is 5.32 Å². The van der Waals surface area contributed by atoms with Gasteiger partial charge in [0, 0.05) is 5.69 Å². The van der Waals surface area contributed by atoms with E-state index in [0.717, 1.165) is 5.56 Å². The van der Waals surface area contributed by atoms with Gasteiger partial charge in [0.25, 0.3) is 0 Å². The van der Waals surface area contributed by atoms with Crippen molar-refractivity contribution in [1.29, 1.82) is 0 Å². The molecule has 3 N–H and O–H groups in total. The summed E-state index contributed by atoms with van der Waals surface area (Å²) in [6.07, 6.45) is -0.529. The molecule has 2 aromatic carbocycles. The van der Waals surface area contributed by atoms with Gasteiger partial charge in [0.1, 0.15) is 12.4 Å². The van der Waals surface area contributed by atoms with Crippen LogP contribution in [-0.4, -0.2) is 13.2 Å². The number of rotatable bonds is 4. The Hall–Kier alpha value is -2.69. The van der Waals surface area contributed by atoms with Crippen molar-refractivity contribution in [3.8, 4) is 5.75 Å².